The van der Waals surface area contributed by atoms with Crippen molar-refractivity contribution in [1.29, 1.82) is 0 Å². The molecule has 0 atom stereocenters. The molecule has 1 aromatic rings. The van der Waals surface area contributed by atoms with Gasteiger partial charge in [-0.05, 0) is 44.0 Å². The molecule has 1 N–H and O–H groups in total. The van der Waals surface area contributed by atoms with Crippen molar-refractivity contribution in [2.45, 2.75) is 32.4 Å². The van der Waals surface area contributed by atoms with Gasteiger partial charge in [0.2, 0.25) is 0 Å². The smallest absolute Gasteiger partial charge is 0.0605 e. The van der Waals surface area contributed by atoms with Gasteiger partial charge in [0.15, 0.2) is 0 Å². The quantitative estimate of drug-likeness (QED) is 0.885. The van der Waals surface area contributed by atoms with Gasteiger partial charge in [-0.15, -0.1) is 0 Å². The van der Waals surface area contributed by atoms with Gasteiger partial charge >= 0.3 is 0 Å². The van der Waals surface area contributed by atoms with Crippen molar-refractivity contribution in [1.82, 2.24) is 5.32 Å². The molecule has 1 aromatic carbocycles. The number of nitrogens with zero attached hydrogens (tertiary/aromatic N) is 1. The van der Waals surface area contributed by atoms with E-state index < -0.39 is 0 Å². The molecule has 1 saturated heterocycles. The highest BCUT2D eigenvalue weighted by Crippen LogP contribution is 2.25. The van der Waals surface area contributed by atoms with Crippen molar-refractivity contribution in [2.75, 3.05) is 32.1 Å². The van der Waals surface area contributed by atoms with E-state index in [1.54, 1.807) is 0 Å². The average molecular weight is 248 g/mol. The van der Waals surface area contributed by atoms with Crippen LogP contribution < -0.4 is 10.2 Å². The van der Waals surface area contributed by atoms with E-state index in [-0.39, 0.29) is 0 Å². The Morgan fingerprint density at radius 3 is 2.61 bits per heavy atom. The van der Waals surface area contributed by atoms with Crippen LogP contribution in [0.2, 0.25) is 0 Å². The summed E-state index contributed by atoms with van der Waals surface area (Å²) in [6.45, 7) is 5.35. The molecule has 0 spiro atoms. The molecular weight excluding hydrogens is 224 g/mol. The fourth-order valence-electron chi connectivity index (χ4n) is 2.72. The van der Waals surface area contributed by atoms with Gasteiger partial charge in [-0.3, -0.25) is 0 Å². The van der Waals surface area contributed by atoms with Crippen LogP contribution in [0.4, 0.5) is 5.69 Å². The maximum Gasteiger partial charge on any atom is 0.0605 e. The molecule has 100 valence electrons. The standard InChI is InChI=1S/C15H24N2O/c1-12-10-13(11-16-2)4-5-15(12)17-8-6-14(18-3)7-9-17/h4-5,10,14,16H,6-9,11H2,1-3H3. The lowest BCUT2D eigenvalue weighted by Crippen LogP contribution is -2.37. The number of piperidine rings is 1. The Morgan fingerprint density at radius 1 is 1.33 bits per heavy atom. The van der Waals surface area contributed by atoms with Crippen molar-refractivity contribution in [3.63, 3.8) is 0 Å². The Bertz CT molecular complexity index is 384. The molecule has 0 amide bonds. The lowest BCUT2D eigenvalue weighted by atomic mass is 10.0. The number of ether oxygens (including phenoxy) is 1. The molecule has 1 fully saturated rings. The van der Waals surface area contributed by atoms with E-state index >= 15 is 0 Å². The Hall–Kier alpha value is -1.06. The van der Waals surface area contributed by atoms with Gasteiger partial charge in [0.05, 0.1) is 6.10 Å². The minimum absolute atomic E-state index is 0.449. The van der Waals surface area contributed by atoms with E-state index in [1.165, 1.54) is 16.8 Å². The molecule has 0 unspecified atom stereocenters. The minimum atomic E-state index is 0.449. The number of nitrogens with one attached hydrogen (secondary N) is 1. The number of aryl methyl sites for hydroxylation is 1. The van der Waals surface area contributed by atoms with E-state index in [0.29, 0.717) is 6.10 Å². The summed E-state index contributed by atoms with van der Waals surface area (Å²) in [7, 11) is 3.80. The third-order valence-electron chi connectivity index (χ3n) is 3.76. The SMILES string of the molecule is CNCc1ccc(N2CCC(OC)CC2)c(C)c1. The summed E-state index contributed by atoms with van der Waals surface area (Å²) in [6, 6.07) is 6.77. The van der Waals surface area contributed by atoms with Crippen LogP contribution in [0.25, 0.3) is 0 Å². The van der Waals surface area contributed by atoms with Gasteiger partial charge in [-0.1, -0.05) is 12.1 Å². The Labute approximate surface area is 110 Å². The summed E-state index contributed by atoms with van der Waals surface area (Å²) >= 11 is 0. The number of hydrogen-bond acceptors (Lipinski definition) is 3. The number of anilines is 1. The van der Waals surface area contributed by atoms with Gasteiger partial charge in [0.1, 0.15) is 0 Å². The predicted molar refractivity (Wildman–Crippen MR) is 76.2 cm³/mol. The Balaban J connectivity index is 2.05. The Kier molecular flexibility index (Phi) is 4.61. The summed E-state index contributed by atoms with van der Waals surface area (Å²) in [6.07, 6.45) is 2.72. The summed E-state index contributed by atoms with van der Waals surface area (Å²) < 4.78 is 5.42. The molecule has 0 saturated carbocycles. The van der Waals surface area contributed by atoms with Gasteiger partial charge < -0.3 is 15.0 Å². The third-order valence-corrected chi connectivity index (χ3v) is 3.76. The molecule has 1 aliphatic heterocycles. The molecule has 0 aliphatic carbocycles. The number of benzene rings is 1. The first-order valence-electron chi connectivity index (χ1n) is 6.76. The van der Waals surface area contributed by atoms with Crippen LogP contribution in [0.1, 0.15) is 24.0 Å². The lowest BCUT2D eigenvalue weighted by Gasteiger charge is -2.34. The first kappa shape index (κ1) is 13.4. The topological polar surface area (TPSA) is 24.5 Å². The van der Waals surface area contributed by atoms with Gasteiger partial charge in [-0.2, -0.15) is 0 Å². The van der Waals surface area contributed by atoms with Crippen LogP contribution in [-0.4, -0.2) is 33.4 Å². The molecule has 0 aromatic heterocycles. The van der Waals surface area contributed by atoms with E-state index in [9.17, 15) is 0 Å². The highest BCUT2D eigenvalue weighted by atomic mass is 16.5. The van der Waals surface area contributed by atoms with Crippen molar-refractivity contribution in [2.24, 2.45) is 0 Å². The summed E-state index contributed by atoms with van der Waals surface area (Å²) in [5.74, 6) is 0. The largest absolute Gasteiger partial charge is 0.381 e. The van der Waals surface area contributed by atoms with E-state index in [4.69, 9.17) is 4.74 Å². The maximum absolute atomic E-state index is 5.42. The molecule has 18 heavy (non-hydrogen) atoms. The molecule has 1 aliphatic rings. The molecule has 3 nitrogen and oxygen atoms in total. The van der Waals surface area contributed by atoms with Gasteiger partial charge in [0, 0.05) is 32.4 Å². The molecule has 2 rings (SSSR count). The second-order valence-electron chi connectivity index (χ2n) is 5.07. The number of rotatable bonds is 4. The first-order chi connectivity index (χ1) is 8.74. The van der Waals surface area contributed by atoms with Crippen molar-refractivity contribution < 1.29 is 4.74 Å². The number of methoxy groups -OCH3 is 1. The normalized spacial score (nSPS) is 17.2. The van der Waals surface area contributed by atoms with E-state index in [0.717, 1.165) is 32.5 Å². The summed E-state index contributed by atoms with van der Waals surface area (Å²) in [5.41, 5.74) is 4.11. The second kappa shape index (κ2) is 6.21. The first-order valence-corrected chi connectivity index (χ1v) is 6.76. The zero-order valence-corrected chi connectivity index (χ0v) is 11.7. The van der Waals surface area contributed by atoms with Crippen LogP contribution in [-0.2, 0) is 11.3 Å². The van der Waals surface area contributed by atoms with Crippen molar-refractivity contribution in [3.05, 3.63) is 29.3 Å². The minimum Gasteiger partial charge on any atom is -0.381 e. The monoisotopic (exact) mass is 248 g/mol. The van der Waals surface area contributed by atoms with E-state index in [2.05, 4.69) is 35.3 Å². The molecular formula is C15H24N2O. The van der Waals surface area contributed by atoms with Crippen molar-refractivity contribution in [3.8, 4) is 0 Å². The second-order valence-corrected chi connectivity index (χ2v) is 5.07. The molecule has 0 radical (unpaired) electrons. The zero-order chi connectivity index (χ0) is 13.0. The summed E-state index contributed by atoms with van der Waals surface area (Å²) in [5, 5.41) is 3.19. The molecule has 3 heteroatoms. The van der Waals surface area contributed by atoms with E-state index in [1.807, 2.05) is 14.2 Å². The maximum atomic E-state index is 5.42. The Morgan fingerprint density at radius 2 is 2.06 bits per heavy atom. The van der Waals surface area contributed by atoms with Crippen LogP contribution in [0.5, 0.6) is 0 Å². The third kappa shape index (κ3) is 3.03. The summed E-state index contributed by atoms with van der Waals surface area (Å²) in [4.78, 5) is 2.48. The lowest BCUT2D eigenvalue weighted by molar-refractivity contribution is 0.0819. The molecule has 0 bridgehead atoms. The van der Waals surface area contributed by atoms with Gasteiger partial charge in [0.25, 0.3) is 0 Å². The van der Waals surface area contributed by atoms with Gasteiger partial charge in [-0.25, -0.2) is 0 Å². The van der Waals surface area contributed by atoms with Crippen molar-refractivity contribution >= 4 is 5.69 Å². The highest BCUT2D eigenvalue weighted by molar-refractivity contribution is 5.54. The highest BCUT2D eigenvalue weighted by Gasteiger charge is 2.19. The van der Waals surface area contributed by atoms with Crippen LogP contribution in [0.15, 0.2) is 18.2 Å². The van der Waals surface area contributed by atoms with Crippen LogP contribution in [0, 0.1) is 6.92 Å². The number of hydrogen-bond donors (Lipinski definition) is 1. The zero-order valence-electron chi connectivity index (χ0n) is 11.7. The fraction of sp³-hybridized carbons (Fsp3) is 0.600. The predicted octanol–water partition coefficient (Wildman–Crippen LogP) is 2.33. The fourth-order valence-corrected chi connectivity index (χ4v) is 2.72. The molecule has 1 heterocycles. The van der Waals surface area contributed by atoms with Crippen LogP contribution in [0.3, 0.4) is 0 Å². The van der Waals surface area contributed by atoms with Crippen LogP contribution >= 0.6 is 0 Å². The average Bonchev–Trinajstić information content (AvgIpc) is 2.40.